The van der Waals surface area contributed by atoms with Gasteiger partial charge < -0.3 is 5.73 Å². The van der Waals surface area contributed by atoms with Crippen LogP contribution in [0.1, 0.15) is 31.4 Å². The Morgan fingerprint density at radius 1 is 1.33 bits per heavy atom. The molecule has 3 nitrogen and oxygen atoms in total. The molecule has 1 atom stereocenters. The molecular formula is C16H24FN3S. The number of benzene rings is 1. The molecule has 0 spiro atoms. The van der Waals surface area contributed by atoms with Gasteiger partial charge in [0, 0.05) is 49.9 Å². The topological polar surface area (TPSA) is 32.5 Å². The summed E-state index contributed by atoms with van der Waals surface area (Å²) in [6.07, 6.45) is 1.17. The van der Waals surface area contributed by atoms with Gasteiger partial charge in [0.1, 0.15) is 10.8 Å². The normalized spacial score (nSPS) is 18.6. The van der Waals surface area contributed by atoms with Crippen LogP contribution < -0.4 is 5.73 Å². The van der Waals surface area contributed by atoms with Crippen LogP contribution in [0.25, 0.3) is 0 Å². The molecule has 1 saturated heterocycles. The van der Waals surface area contributed by atoms with E-state index in [0.29, 0.717) is 23.1 Å². The quantitative estimate of drug-likeness (QED) is 0.847. The van der Waals surface area contributed by atoms with Crippen molar-refractivity contribution in [3.8, 4) is 0 Å². The number of halogens is 1. The summed E-state index contributed by atoms with van der Waals surface area (Å²) in [6, 6.07) is 5.50. The lowest BCUT2D eigenvalue weighted by Crippen LogP contribution is -2.49. The van der Waals surface area contributed by atoms with Crippen molar-refractivity contribution in [3.05, 3.63) is 35.1 Å². The molecule has 1 unspecified atom stereocenters. The molecule has 0 bridgehead atoms. The van der Waals surface area contributed by atoms with E-state index in [2.05, 4.69) is 23.6 Å². The summed E-state index contributed by atoms with van der Waals surface area (Å²) in [5.41, 5.74) is 7.04. The van der Waals surface area contributed by atoms with Gasteiger partial charge in [-0.15, -0.1) is 0 Å². The van der Waals surface area contributed by atoms with Crippen LogP contribution in [0.5, 0.6) is 0 Å². The van der Waals surface area contributed by atoms with Crippen LogP contribution in [-0.2, 0) is 6.54 Å². The first kappa shape index (κ1) is 16.3. The van der Waals surface area contributed by atoms with E-state index in [0.717, 1.165) is 31.7 Å². The van der Waals surface area contributed by atoms with Gasteiger partial charge in [-0.05, 0) is 31.5 Å². The Morgan fingerprint density at radius 2 is 2.00 bits per heavy atom. The van der Waals surface area contributed by atoms with Crippen molar-refractivity contribution in [1.82, 2.24) is 9.80 Å². The smallest absolute Gasteiger partial charge is 0.127 e. The Kier molecular flexibility index (Phi) is 5.67. The molecular weight excluding hydrogens is 285 g/mol. The number of hydrogen-bond donors (Lipinski definition) is 1. The van der Waals surface area contributed by atoms with E-state index in [1.165, 1.54) is 12.5 Å². The zero-order valence-electron chi connectivity index (χ0n) is 12.8. The van der Waals surface area contributed by atoms with Gasteiger partial charge in [0.15, 0.2) is 0 Å². The molecule has 0 radical (unpaired) electrons. The second-order valence-electron chi connectivity index (χ2n) is 5.74. The van der Waals surface area contributed by atoms with Gasteiger partial charge in [0.2, 0.25) is 0 Å². The minimum Gasteiger partial charge on any atom is -0.389 e. The van der Waals surface area contributed by atoms with E-state index in [9.17, 15) is 4.39 Å². The highest BCUT2D eigenvalue weighted by Gasteiger charge is 2.20. The van der Waals surface area contributed by atoms with E-state index in [-0.39, 0.29) is 5.82 Å². The first-order valence-electron chi connectivity index (χ1n) is 7.56. The molecule has 1 aromatic carbocycles. The predicted octanol–water partition coefficient (Wildman–Crippen LogP) is 2.38. The van der Waals surface area contributed by atoms with E-state index in [1.54, 1.807) is 12.1 Å². The SMILES string of the molecule is CCC(C)N1CCN(Cc2cc(C(N)=S)ccc2F)CC1. The Balaban J connectivity index is 1.97. The van der Waals surface area contributed by atoms with Crippen LogP contribution in [0.3, 0.4) is 0 Å². The standard InChI is InChI=1S/C16H24FN3S/c1-3-12(2)20-8-6-19(7-9-20)11-14-10-13(16(18)21)4-5-15(14)17/h4-5,10,12H,3,6-9,11H2,1-2H3,(H2,18,21). The molecule has 2 rings (SSSR count). The Bertz CT molecular complexity index is 498. The van der Waals surface area contributed by atoms with Gasteiger partial charge in [0.05, 0.1) is 0 Å². The Morgan fingerprint density at radius 3 is 2.57 bits per heavy atom. The van der Waals surface area contributed by atoms with Crippen molar-refractivity contribution in [2.24, 2.45) is 5.73 Å². The van der Waals surface area contributed by atoms with E-state index >= 15 is 0 Å². The minimum atomic E-state index is -0.181. The zero-order chi connectivity index (χ0) is 15.4. The maximum atomic E-state index is 13.9. The summed E-state index contributed by atoms with van der Waals surface area (Å²) < 4.78 is 13.9. The van der Waals surface area contributed by atoms with Crippen molar-refractivity contribution in [3.63, 3.8) is 0 Å². The lowest BCUT2D eigenvalue weighted by atomic mass is 10.1. The minimum absolute atomic E-state index is 0.181. The third-order valence-corrected chi connectivity index (χ3v) is 4.58. The molecule has 1 aromatic rings. The number of rotatable bonds is 5. The van der Waals surface area contributed by atoms with Gasteiger partial charge in [-0.25, -0.2) is 4.39 Å². The monoisotopic (exact) mass is 309 g/mol. The van der Waals surface area contributed by atoms with Gasteiger partial charge in [0.25, 0.3) is 0 Å². The summed E-state index contributed by atoms with van der Waals surface area (Å²) in [5.74, 6) is -0.181. The average molecular weight is 309 g/mol. The fourth-order valence-electron chi connectivity index (χ4n) is 2.71. The zero-order valence-corrected chi connectivity index (χ0v) is 13.6. The molecule has 0 aromatic heterocycles. The number of piperazine rings is 1. The number of hydrogen-bond acceptors (Lipinski definition) is 3. The summed E-state index contributed by atoms with van der Waals surface area (Å²) in [5, 5.41) is 0. The van der Waals surface area contributed by atoms with E-state index < -0.39 is 0 Å². The molecule has 5 heteroatoms. The van der Waals surface area contributed by atoms with Crippen LogP contribution in [0.2, 0.25) is 0 Å². The van der Waals surface area contributed by atoms with Crippen molar-refractivity contribution in [2.45, 2.75) is 32.9 Å². The summed E-state index contributed by atoms with van der Waals surface area (Å²) >= 11 is 4.96. The van der Waals surface area contributed by atoms with Gasteiger partial charge >= 0.3 is 0 Å². The van der Waals surface area contributed by atoms with Crippen LogP contribution >= 0.6 is 12.2 Å². The van der Waals surface area contributed by atoms with Crippen LogP contribution in [-0.4, -0.2) is 47.0 Å². The molecule has 0 amide bonds. The summed E-state index contributed by atoms with van der Waals surface area (Å²) in [4.78, 5) is 5.11. The molecule has 1 aliphatic heterocycles. The first-order valence-corrected chi connectivity index (χ1v) is 7.96. The van der Waals surface area contributed by atoms with Gasteiger partial charge in [-0.1, -0.05) is 19.1 Å². The Hall–Kier alpha value is -1.04. The Labute approximate surface area is 131 Å². The van der Waals surface area contributed by atoms with Crippen molar-refractivity contribution in [2.75, 3.05) is 26.2 Å². The highest BCUT2D eigenvalue weighted by atomic mass is 32.1. The predicted molar refractivity (Wildman–Crippen MR) is 88.9 cm³/mol. The van der Waals surface area contributed by atoms with Crippen molar-refractivity contribution < 1.29 is 4.39 Å². The third-order valence-electron chi connectivity index (χ3n) is 4.35. The maximum absolute atomic E-state index is 13.9. The number of nitrogens with zero attached hydrogens (tertiary/aromatic N) is 2. The molecule has 116 valence electrons. The number of nitrogens with two attached hydrogens (primary N) is 1. The maximum Gasteiger partial charge on any atom is 0.127 e. The second-order valence-corrected chi connectivity index (χ2v) is 6.18. The molecule has 1 aliphatic rings. The largest absolute Gasteiger partial charge is 0.389 e. The molecule has 1 fully saturated rings. The van der Waals surface area contributed by atoms with E-state index in [1.807, 2.05) is 0 Å². The van der Waals surface area contributed by atoms with Crippen molar-refractivity contribution in [1.29, 1.82) is 0 Å². The molecule has 21 heavy (non-hydrogen) atoms. The highest BCUT2D eigenvalue weighted by Crippen LogP contribution is 2.16. The second kappa shape index (κ2) is 7.29. The summed E-state index contributed by atoms with van der Waals surface area (Å²) in [6.45, 7) is 9.14. The van der Waals surface area contributed by atoms with Crippen LogP contribution in [0, 0.1) is 5.82 Å². The average Bonchev–Trinajstić information content (AvgIpc) is 2.49. The lowest BCUT2D eigenvalue weighted by molar-refractivity contribution is 0.0957. The van der Waals surface area contributed by atoms with Crippen molar-refractivity contribution >= 4 is 17.2 Å². The highest BCUT2D eigenvalue weighted by molar-refractivity contribution is 7.80. The molecule has 1 heterocycles. The fourth-order valence-corrected chi connectivity index (χ4v) is 2.84. The fraction of sp³-hybridized carbons (Fsp3) is 0.562. The van der Waals surface area contributed by atoms with E-state index in [4.69, 9.17) is 18.0 Å². The van der Waals surface area contributed by atoms with Crippen LogP contribution in [0.15, 0.2) is 18.2 Å². The summed E-state index contributed by atoms with van der Waals surface area (Å²) in [7, 11) is 0. The molecule has 0 saturated carbocycles. The first-order chi connectivity index (χ1) is 10.0. The van der Waals surface area contributed by atoms with Crippen LogP contribution in [0.4, 0.5) is 4.39 Å². The van der Waals surface area contributed by atoms with Gasteiger partial charge in [-0.2, -0.15) is 0 Å². The lowest BCUT2D eigenvalue weighted by Gasteiger charge is -2.37. The number of thiocarbonyl (C=S) groups is 1. The molecule has 2 N–H and O–H groups in total. The van der Waals surface area contributed by atoms with Gasteiger partial charge in [-0.3, -0.25) is 9.80 Å². The molecule has 0 aliphatic carbocycles. The third kappa shape index (κ3) is 4.22.